The summed E-state index contributed by atoms with van der Waals surface area (Å²) in [5, 5.41) is 0. The van der Waals surface area contributed by atoms with Crippen LogP contribution < -0.4 is 0 Å². The fourth-order valence-electron chi connectivity index (χ4n) is 3.51. The molecule has 0 saturated heterocycles. The van der Waals surface area contributed by atoms with Gasteiger partial charge in [0.25, 0.3) is 0 Å². The van der Waals surface area contributed by atoms with Gasteiger partial charge >= 0.3 is 5.97 Å². The summed E-state index contributed by atoms with van der Waals surface area (Å²) in [5.74, 6) is 1.64. The van der Waals surface area contributed by atoms with Crippen molar-refractivity contribution >= 4 is 5.97 Å². The van der Waals surface area contributed by atoms with Gasteiger partial charge in [0.05, 0.1) is 12.7 Å². The van der Waals surface area contributed by atoms with Crippen molar-refractivity contribution < 1.29 is 9.53 Å². The lowest BCUT2D eigenvalue weighted by molar-refractivity contribution is 0.0600. The van der Waals surface area contributed by atoms with E-state index < -0.39 is 0 Å². The van der Waals surface area contributed by atoms with E-state index in [1.54, 1.807) is 0 Å². The van der Waals surface area contributed by atoms with E-state index in [1.807, 2.05) is 12.1 Å². The van der Waals surface area contributed by atoms with Crippen LogP contribution in [0.1, 0.15) is 67.8 Å². The van der Waals surface area contributed by atoms with E-state index in [4.69, 9.17) is 4.74 Å². The Balaban J connectivity index is 1.75. The number of carbonyl (C=O) groups excluding carboxylic acids is 1. The molecule has 0 unspecified atom stereocenters. The van der Waals surface area contributed by atoms with E-state index >= 15 is 0 Å². The van der Waals surface area contributed by atoms with Crippen LogP contribution in [0.2, 0.25) is 0 Å². The zero-order valence-corrected chi connectivity index (χ0v) is 13.4. The van der Waals surface area contributed by atoms with E-state index in [0.29, 0.717) is 5.56 Å². The van der Waals surface area contributed by atoms with Crippen LogP contribution in [0, 0.1) is 11.8 Å². The Morgan fingerprint density at radius 3 is 2.14 bits per heavy atom. The van der Waals surface area contributed by atoms with Gasteiger partial charge in [0, 0.05) is 0 Å². The minimum atomic E-state index is -0.254. The molecule has 21 heavy (non-hydrogen) atoms. The number of esters is 1. The van der Waals surface area contributed by atoms with Crippen LogP contribution in [-0.2, 0) is 11.2 Å². The van der Waals surface area contributed by atoms with Crippen molar-refractivity contribution in [2.24, 2.45) is 11.8 Å². The van der Waals surface area contributed by atoms with Crippen LogP contribution in [0.15, 0.2) is 24.3 Å². The molecule has 1 aromatic rings. The maximum atomic E-state index is 11.4. The largest absolute Gasteiger partial charge is 0.465 e. The van der Waals surface area contributed by atoms with Crippen LogP contribution in [0.5, 0.6) is 0 Å². The first kappa shape index (κ1) is 16.1. The molecule has 0 bridgehead atoms. The molecular weight excluding hydrogens is 260 g/mol. The lowest BCUT2D eigenvalue weighted by Crippen LogP contribution is -2.15. The van der Waals surface area contributed by atoms with E-state index in [2.05, 4.69) is 19.1 Å². The summed E-state index contributed by atoms with van der Waals surface area (Å²) in [6.07, 6.45) is 10.8. The zero-order chi connectivity index (χ0) is 15.1. The highest BCUT2D eigenvalue weighted by molar-refractivity contribution is 5.89. The summed E-state index contributed by atoms with van der Waals surface area (Å²) < 4.78 is 4.72. The number of ether oxygens (including phenoxy) is 1. The third-order valence-electron chi connectivity index (χ3n) is 4.88. The van der Waals surface area contributed by atoms with Crippen molar-refractivity contribution in [3.63, 3.8) is 0 Å². The Bertz CT molecular complexity index is 427. The summed E-state index contributed by atoms with van der Waals surface area (Å²) >= 11 is 0. The molecule has 1 aromatic carbocycles. The Labute approximate surface area is 128 Å². The average Bonchev–Trinajstić information content (AvgIpc) is 2.54. The van der Waals surface area contributed by atoms with E-state index in [9.17, 15) is 4.79 Å². The molecule has 0 heterocycles. The van der Waals surface area contributed by atoms with E-state index in [0.717, 1.165) is 18.3 Å². The van der Waals surface area contributed by atoms with Gasteiger partial charge in [0.2, 0.25) is 0 Å². The number of methoxy groups -OCH3 is 1. The predicted octanol–water partition coefficient (Wildman–Crippen LogP) is 5.01. The summed E-state index contributed by atoms with van der Waals surface area (Å²) in [6, 6.07) is 7.88. The molecule has 1 fully saturated rings. The molecule has 116 valence electrons. The number of benzene rings is 1. The normalized spacial score (nSPS) is 22.0. The third kappa shape index (κ3) is 4.87. The zero-order valence-electron chi connectivity index (χ0n) is 13.4. The van der Waals surface area contributed by atoms with Gasteiger partial charge in [-0.1, -0.05) is 57.6 Å². The number of hydrogen-bond acceptors (Lipinski definition) is 2. The molecule has 0 amide bonds. The lowest BCUT2D eigenvalue weighted by Gasteiger charge is -2.28. The molecule has 1 aliphatic rings. The second-order valence-corrected chi connectivity index (χ2v) is 6.40. The second kappa shape index (κ2) is 8.21. The predicted molar refractivity (Wildman–Crippen MR) is 86.5 cm³/mol. The van der Waals surface area contributed by atoms with Crippen LogP contribution in [0.3, 0.4) is 0 Å². The fourth-order valence-corrected chi connectivity index (χ4v) is 3.51. The number of carbonyl (C=O) groups is 1. The first-order valence-corrected chi connectivity index (χ1v) is 8.40. The van der Waals surface area contributed by atoms with Crippen molar-refractivity contribution in [3.05, 3.63) is 35.4 Å². The highest BCUT2D eigenvalue weighted by Gasteiger charge is 2.20. The molecule has 0 spiro atoms. The first-order chi connectivity index (χ1) is 10.2. The Hall–Kier alpha value is -1.31. The smallest absolute Gasteiger partial charge is 0.337 e. The van der Waals surface area contributed by atoms with Crippen LogP contribution in [0.25, 0.3) is 0 Å². The monoisotopic (exact) mass is 288 g/mol. The Morgan fingerprint density at radius 2 is 1.62 bits per heavy atom. The van der Waals surface area contributed by atoms with Crippen LogP contribution in [-0.4, -0.2) is 13.1 Å². The van der Waals surface area contributed by atoms with Crippen molar-refractivity contribution in [3.8, 4) is 0 Å². The molecular formula is C19H28O2. The summed E-state index contributed by atoms with van der Waals surface area (Å²) in [5.41, 5.74) is 1.97. The average molecular weight is 288 g/mol. The number of rotatable bonds is 6. The Morgan fingerprint density at radius 1 is 1.05 bits per heavy atom. The maximum absolute atomic E-state index is 11.4. The molecule has 2 rings (SSSR count). The lowest BCUT2D eigenvalue weighted by atomic mass is 9.78. The second-order valence-electron chi connectivity index (χ2n) is 6.40. The topological polar surface area (TPSA) is 26.3 Å². The van der Waals surface area contributed by atoms with Gasteiger partial charge in [0.1, 0.15) is 0 Å². The molecule has 2 nitrogen and oxygen atoms in total. The molecule has 0 atom stereocenters. The molecule has 2 heteroatoms. The minimum Gasteiger partial charge on any atom is -0.465 e. The highest BCUT2D eigenvalue weighted by Crippen LogP contribution is 2.33. The van der Waals surface area contributed by atoms with Crippen LogP contribution >= 0.6 is 0 Å². The van der Waals surface area contributed by atoms with Gasteiger partial charge in [0.15, 0.2) is 0 Å². The molecule has 0 radical (unpaired) electrons. The standard InChI is InChI=1S/C19H28O2/c1-3-4-15-5-7-16(8-6-15)9-10-17-11-13-18(14-12-17)19(20)21-2/h11-16H,3-10H2,1-2H3/t15-,16-. The number of hydrogen-bond donors (Lipinski definition) is 0. The summed E-state index contributed by atoms with van der Waals surface area (Å²) in [6.45, 7) is 2.30. The van der Waals surface area contributed by atoms with Gasteiger partial charge < -0.3 is 4.74 Å². The van der Waals surface area contributed by atoms with E-state index in [1.165, 1.54) is 57.6 Å². The summed E-state index contributed by atoms with van der Waals surface area (Å²) in [4.78, 5) is 11.4. The van der Waals surface area contributed by atoms with Gasteiger partial charge in [-0.15, -0.1) is 0 Å². The maximum Gasteiger partial charge on any atom is 0.337 e. The van der Waals surface area contributed by atoms with Gasteiger partial charge in [-0.2, -0.15) is 0 Å². The van der Waals surface area contributed by atoms with Crippen molar-refractivity contribution in [2.75, 3.05) is 7.11 Å². The SMILES string of the molecule is CCC[C@H]1CC[C@H](CCc2ccc(C(=O)OC)cc2)CC1. The summed E-state index contributed by atoms with van der Waals surface area (Å²) in [7, 11) is 1.42. The van der Waals surface area contributed by atoms with E-state index in [-0.39, 0.29) is 5.97 Å². The molecule has 1 saturated carbocycles. The third-order valence-corrected chi connectivity index (χ3v) is 4.88. The van der Waals surface area contributed by atoms with Crippen molar-refractivity contribution in [2.45, 2.75) is 58.3 Å². The highest BCUT2D eigenvalue weighted by atomic mass is 16.5. The quantitative estimate of drug-likeness (QED) is 0.688. The van der Waals surface area contributed by atoms with Gasteiger partial charge in [-0.05, 0) is 42.4 Å². The fraction of sp³-hybridized carbons (Fsp3) is 0.632. The first-order valence-electron chi connectivity index (χ1n) is 8.40. The molecule has 0 aromatic heterocycles. The molecule has 0 N–H and O–H groups in total. The van der Waals surface area contributed by atoms with Crippen molar-refractivity contribution in [1.82, 2.24) is 0 Å². The van der Waals surface area contributed by atoms with Gasteiger partial charge in [-0.3, -0.25) is 0 Å². The minimum absolute atomic E-state index is 0.254. The Kier molecular flexibility index (Phi) is 6.28. The number of aryl methyl sites for hydroxylation is 1. The van der Waals surface area contributed by atoms with Gasteiger partial charge in [-0.25, -0.2) is 4.79 Å². The molecule has 1 aliphatic carbocycles. The van der Waals surface area contributed by atoms with Crippen LogP contribution in [0.4, 0.5) is 0 Å². The van der Waals surface area contributed by atoms with Crippen molar-refractivity contribution in [1.29, 1.82) is 0 Å². The molecule has 0 aliphatic heterocycles.